The fraction of sp³-hybridized carbons (Fsp3) is 0.667. The molecule has 13 heavy (non-hydrogen) atoms. The number of hydrogen-bond acceptors (Lipinski definition) is 1. The van der Waals surface area contributed by atoms with Crippen LogP contribution in [0.4, 0.5) is 0 Å². The predicted octanol–water partition coefficient (Wildman–Crippen LogP) is 2.79. The monoisotopic (exact) mass is 178 g/mol. The minimum Gasteiger partial charge on any atom is -0.376 e. The van der Waals surface area contributed by atoms with Crippen LogP contribution in [0.15, 0.2) is 23.8 Å². The Bertz CT molecular complexity index is 260. The van der Waals surface area contributed by atoms with Gasteiger partial charge in [-0.25, -0.2) is 0 Å². The number of fused-ring (bicyclic) bond motifs is 1. The van der Waals surface area contributed by atoms with E-state index in [-0.39, 0.29) is 5.41 Å². The molecule has 0 aromatic rings. The molecule has 1 aliphatic heterocycles. The molecule has 0 saturated carbocycles. The van der Waals surface area contributed by atoms with Gasteiger partial charge in [-0.15, -0.1) is 0 Å². The first kappa shape index (κ1) is 9.01. The molecule has 0 aromatic heterocycles. The second-order valence-corrected chi connectivity index (χ2v) is 4.84. The van der Waals surface area contributed by atoms with E-state index < -0.39 is 0 Å². The molecule has 72 valence electrons. The highest BCUT2D eigenvalue weighted by Crippen LogP contribution is 2.37. The lowest BCUT2D eigenvalue weighted by Crippen LogP contribution is -2.16. The lowest BCUT2D eigenvalue weighted by Gasteiger charge is -2.25. The van der Waals surface area contributed by atoms with E-state index in [1.54, 1.807) is 0 Å². The summed E-state index contributed by atoms with van der Waals surface area (Å²) >= 11 is 0. The number of rotatable bonds is 0. The summed E-state index contributed by atoms with van der Waals surface area (Å²) in [5, 5.41) is 0. The molecular weight excluding hydrogens is 160 g/mol. The summed E-state index contributed by atoms with van der Waals surface area (Å²) in [5.74, 6) is 1.19. The molecule has 1 heterocycles. The third-order valence-electron chi connectivity index (χ3n) is 3.41. The first-order chi connectivity index (χ1) is 6.09. The zero-order valence-corrected chi connectivity index (χ0v) is 8.71. The van der Waals surface area contributed by atoms with Crippen LogP contribution in [-0.4, -0.2) is 13.2 Å². The van der Waals surface area contributed by atoms with Crippen LogP contribution in [-0.2, 0) is 4.74 Å². The van der Waals surface area contributed by atoms with Crippen molar-refractivity contribution in [1.29, 1.82) is 0 Å². The molecule has 0 N–H and O–H groups in total. The molecule has 1 saturated heterocycles. The Labute approximate surface area is 80.5 Å². The molecule has 0 amide bonds. The Morgan fingerprint density at radius 3 is 2.92 bits per heavy atom. The minimum atomic E-state index is 0.286. The summed E-state index contributed by atoms with van der Waals surface area (Å²) in [4.78, 5) is 0. The van der Waals surface area contributed by atoms with Crippen molar-refractivity contribution in [2.45, 2.75) is 20.8 Å². The second-order valence-electron chi connectivity index (χ2n) is 4.84. The van der Waals surface area contributed by atoms with Crippen molar-refractivity contribution >= 4 is 0 Å². The summed E-state index contributed by atoms with van der Waals surface area (Å²) in [5.41, 5.74) is 1.76. The molecular formula is C12H18O. The molecule has 1 heteroatoms. The van der Waals surface area contributed by atoms with Gasteiger partial charge in [0.1, 0.15) is 0 Å². The van der Waals surface area contributed by atoms with Crippen LogP contribution in [0.3, 0.4) is 0 Å². The Hall–Kier alpha value is -0.560. The zero-order valence-electron chi connectivity index (χ0n) is 8.71. The van der Waals surface area contributed by atoms with Crippen molar-refractivity contribution < 1.29 is 4.74 Å². The Morgan fingerprint density at radius 1 is 1.38 bits per heavy atom. The number of hydrogen-bond donors (Lipinski definition) is 0. The standard InChI is InChI=1S/C12H18O/c1-9-4-5-10-7-13-8-11(10)6-12(9,2)3/h4-6,9-10H,7-8H2,1-3H3/t9-,10-/m1/s1. The van der Waals surface area contributed by atoms with E-state index in [0.717, 1.165) is 13.2 Å². The van der Waals surface area contributed by atoms with Gasteiger partial charge < -0.3 is 4.74 Å². The van der Waals surface area contributed by atoms with Crippen molar-refractivity contribution in [3.63, 3.8) is 0 Å². The highest BCUT2D eigenvalue weighted by Gasteiger charge is 2.29. The molecule has 0 spiro atoms. The van der Waals surface area contributed by atoms with Crippen LogP contribution in [0.5, 0.6) is 0 Å². The van der Waals surface area contributed by atoms with Crippen LogP contribution in [0.2, 0.25) is 0 Å². The van der Waals surface area contributed by atoms with E-state index >= 15 is 0 Å². The van der Waals surface area contributed by atoms with Crippen LogP contribution in [0, 0.1) is 17.3 Å². The second kappa shape index (κ2) is 2.98. The summed E-state index contributed by atoms with van der Waals surface area (Å²) in [7, 11) is 0. The molecule has 1 nitrogen and oxygen atoms in total. The van der Waals surface area contributed by atoms with E-state index in [4.69, 9.17) is 4.74 Å². The highest BCUT2D eigenvalue weighted by atomic mass is 16.5. The van der Waals surface area contributed by atoms with Crippen LogP contribution in [0.25, 0.3) is 0 Å². The average Bonchev–Trinajstić information content (AvgIpc) is 2.43. The van der Waals surface area contributed by atoms with Gasteiger partial charge in [-0.3, -0.25) is 0 Å². The van der Waals surface area contributed by atoms with E-state index in [0.29, 0.717) is 11.8 Å². The maximum Gasteiger partial charge on any atom is 0.0684 e. The van der Waals surface area contributed by atoms with E-state index in [1.165, 1.54) is 5.57 Å². The molecule has 0 radical (unpaired) electrons. The van der Waals surface area contributed by atoms with Gasteiger partial charge in [-0.1, -0.05) is 39.0 Å². The topological polar surface area (TPSA) is 9.23 Å². The van der Waals surface area contributed by atoms with Gasteiger partial charge in [0.2, 0.25) is 0 Å². The molecule has 1 fully saturated rings. The summed E-state index contributed by atoms with van der Waals surface area (Å²) in [6.45, 7) is 8.61. The maximum absolute atomic E-state index is 5.46. The third-order valence-corrected chi connectivity index (χ3v) is 3.41. The smallest absolute Gasteiger partial charge is 0.0684 e. The van der Waals surface area contributed by atoms with Gasteiger partial charge in [0.15, 0.2) is 0 Å². The van der Waals surface area contributed by atoms with Gasteiger partial charge in [0.25, 0.3) is 0 Å². The van der Waals surface area contributed by atoms with Gasteiger partial charge in [0.05, 0.1) is 13.2 Å². The lowest BCUT2D eigenvalue weighted by molar-refractivity contribution is 0.194. The van der Waals surface area contributed by atoms with Gasteiger partial charge in [-0.2, -0.15) is 0 Å². The van der Waals surface area contributed by atoms with E-state index in [9.17, 15) is 0 Å². The van der Waals surface area contributed by atoms with Crippen LogP contribution < -0.4 is 0 Å². The summed E-state index contributed by atoms with van der Waals surface area (Å²) < 4.78 is 5.46. The first-order valence-corrected chi connectivity index (χ1v) is 5.07. The normalized spacial score (nSPS) is 36.7. The summed E-state index contributed by atoms with van der Waals surface area (Å²) in [6.07, 6.45) is 7.07. The van der Waals surface area contributed by atoms with Crippen LogP contribution in [0.1, 0.15) is 20.8 Å². The predicted molar refractivity (Wildman–Crippen MR) is 54.5 cm³/mol. The molecule has 0 bridgehead atoms. The SMILES string of the molecule is C[C@@H]1C=C[C@@H]2COCC2=CC1(C)C. The molecule has 2 aliphatic rings. The Balaban J connectivity index is 2.35. The number of ether oxygens (including phenoxy) is 1. The molecule has 1 aliphatic carbocycles. The molecule has 0 unspecified atom stereocenters. The molecule has 2 rings (SSSR count). The molecule has 2 atom stereocenters. The Morgan fingerprint density at radius 2 is 2.15 bits per heavy atom. The lowest BCUT2D eigenvalue weighted by atomic mass is 9.79. The quantitative estimate of drug-likeness (QED) is 0.518. The van der Waals surface area contributed by atoms with E-state index in [2.05, 4.69) is 39.0 Å². The Kier molecular flexibility index (Phi) is 2.07. The zero-order chi connectivity index (χ0) is 9.47. The molecule has 0 aromatic carbocycles. The highest BCUT2D eigenvalue weighted by molar-refractivity contribution is 5.24. The largest absolute Gasteiger partial charge is 0.376 e. The van der Waals surface area contributed by atoms with Crippen molar-refractivity contribution in [3.05, 3.63) is 23.8 Å². The van der Waals surface area contributed by atoms with Gasteiger partial charge in [0, 0.05) is 5.92 Å². The fourth-order valence-electron chi connectivity index (χ4n) is 2.00. The van der Waals surface area contributed by atoms with Gasteiger partial charge in [-0.05, 0) is 16.9 Å². The maximum atomic E-state index is 5.46. The summed E-state index contributed by atoms with van der Waals surface area (Å²) in [6, 6.07) is 0. The van der Waals surface area contributed by atoms with E-state index in [1.807, 2.05) is 0 Å². The number of allylic oxidation sites excluding steroid dienone is 2. The van der Waals surface area contributed by atoms with Crippen molar-refractivity contribution in [3.8, 4) is 0 Å². The minimum absolute atomic E-state index is 0.286. The fourth-order valence-corrected chi connectivity index (χ4v) is 2.00. The van der Waals surface area contributed by atoms with Crippen molar-refractivity contribution in [2.24, 2.45) is 17.3 Å². The van der Waals surface area contributed by atoms with Crippen molar-refractivity contribution in [2.75, 3.05) is 13.2 Å². The van der Waals surface area contributed by atoms with Gasteiger partial charge >= 0.3 is 0 Å². The third kappa shape index (κ3) is 1.58. The van der Waals surface area contributed by atoms with Crippen LogP contribution >= 0.6 is 0 Å². The average molecular weight is 178 g/mol. The first-order valence-electron chi connectivity index (χ1n) is 5.07. The van der Waals surface area contributed by atoms with Crippen molar-refractivity contribution in [1.82, 2.24) is 0 Å².